The maximum atomic E-state index is 11.8. The summed E-state index contributed by atoms with van der Waals surface area (Å²) < 4.78 is 59.3. The first-order chi connectivity index (χ1) is 7.04. The van der Waals surface area contributed by atoms with Crippen LogP contribution < -0.4 is 0 Å². The topological polar surface area (TPSA) is 37.4 Å². The van der Waals surface area contributed by atoms with Gasteiger partial charge in [-0.25, -0.2) is 12.7 Å². The monoisotopic (exact) mass is 281 g/mol. The number of rotatable bonds is 6. The molecule has 0 saturated carbocycles. The average Bonchev–Trinajstić information content (AvgIpc) is 1.99. The zero-order valence-corrected chi connectivity index (χ0v) is 10.7. The fraction of sp³-hybridized carbons (Fsp3) is 1.00. The Kier molecular flexibility index (Phi) is 6.06. The fourth-order valence-corrected chi connectivity index (χ4v) is 2.64. The van der Waals surface area contributed by atoms with Crippen LogP contribution >= 0.6 is 11.6 Å². The molecule has 0 spiro atoms. The minimum absolute atomic E-state index is 0.0932. The van der Waals surface area contributed by atoms with Crippen molar-refractivity contribution in [3.63, 3.8) is 0 Å². The molecular weight excluding hydrogens is 267 g/mol. The Balaban J connectivity index is 4.15. The summed E-state index contributed by atoms with van der Waals surface area (Å²) in [6.45, 7) is 1.71. The second kappa shape index (κ2) is 6.07. The summed E-state index contributed by atoms with van der Waals surface area (Å²) in [5.41, 5.74) is 0. The van der Waals surface area contributed by atoms with E-state index in [1.54, 1.807) is 6.92 Å². The Morgan fingerprint density at radius 1 is 1.38 bits per heavy atom. The first kappa shape index (κ1) is 16.0. The van der Waals surface area contributed by atoms with Crippen LogP contribution in [0.3, 0.4) is 0 Å². The van der Waals surface area contributed by atoms with Crippen molar-refractivity contribution in [2.75, 3.05) is 19.3 Å². The van der Waals surface area contributed by atoms with Crippen LogP contribution in [0.2, 0.25) is 0 Å². The molecule has 1 unspecified atom stereocenters. The number of nitrogens with zero attached hydrogens (tertiary/aromatic N) is 1. The Labute approximate surface area is 98.6 Å². The van der Waals surface area contributed by atoms with Crippen molar-refractivity contribution in [1.82, 2.24) is 4.31 Å². The van der Waals surface area contributed by atoms with Crippen LogP contribution in [-0.2, 0) is 10.0 Å². The molecule has 1 atom stereocenters. The van der Waals surface area contributed by atoms with Crippen molar-refractivity contribution in [1.29, 1.82) is 0 Å². The van der Waals surface area contributed by atoms with Gasteiger partial charge in [-0.1, -0.05) is 0 Å². The highest BCUT2D eigenvalue weighted by Crippen LogP contribution is 2.22. The molecule has 0 heterocycles. The highest BCUT2D eigenvalue weighted by atomic mass is 35.5. The predicted molar refractivity (Wildman–Crippen MR) is 57.0 cm³/mol. The summed E-state index contributed by atoms with van der Waals surface area (Å²) in [4.78, 5) is 0. The van der Waals surface area contributed by atoms with Crippen LogP contribution in [0.5, 0.6) is 0 Å². The Morgan fingerprint density at radius 3 is 2.25 bits per heavy atom. The van der Waals surface area contributed by atoms with Crippen molar-refractivity contribution in [3.8, 4) is 0 Å². The van der Waals surface area contributed by atoms with E-state index in [9.17, 15) is 21.6 Å². The summed E-state index contributed by atoms with van der Waals surface area (Å²) in [5.74, 6) is -0.507. The van der Waals surface area contributed by atoms with E-state index in [2.05, 4.69) is 0 Å². The molecule has 0 bridgehead atoms. The van der Waals surface area contributed by atoms with Gasteiger partial charge in [0.2, 0.25) is 10.0 Å². The lowest BCUT2D eigenvalue weighted by atomic mass is 10.3. The second-order valence-electron chi connectivity index (χ2n) is 3.60. The number of hydrogen-bond acceptors (Lipinski definition) is 2. The van der Waals surface area contributed by atoms with Gasteiger partial charge in [-0.3, -0.25) is 0 Å². The predicted octanol–water partition coefficient (Wildman–Crippen LogP) is 2.22. The van der Waals surface area contributed by atoms with Gasteiger partial charge in [0.25, 0.3) is 0 Å². The molecule has 0 aliphatic carbocycles. The van der Waals surface area contributed by atoms with Crippen molar-refractivity contribution in [2.24, 2.45) is 0 Å². The number of hydrogen-bond donors (Lipinski definition) is 0. The average molecular weight is 282 g/mol. The summed E-state index contributed by atoms with van der Waals surface area (Å²) >= 11 is 5.60. The zero-order valence-electron chi connectivity index (χ0n) is 9.09. The smallest absolute Gasteiger partial charge is 0.212 e. The normalized spacial score (nSPS) is 15.4. The first-order valence-corrected chi connectivity index (χ1v) is 6.74. The molecule has 3 nitrogen and oxygen atoms in total. The third-order valence-electron chi connectivity index (χ3n) is 1.85. The molecule has 0 N–H and O–H groups in total. The van der Waals surface area contributed by atoms with E-state index in [1.165, 1.54) is 7.05 Å². The van der Waals surface area contributed by atoms with Crippen LogP contribution in [0.15, 0.2) is 0 Å². The number of sulfonamides is 1. The van der Waals surface area contributed by atoms with E-state index in [0.29, 0.717) is 0 Å². The van der Waals surface area contributed by atoms with Crippen LogP contribution in [-0.4, -0.2) is 43.6 Å². The van der Waals surface area contributed by atoms with E-state index < -0.39 is 34.8 Å². The lowest BCUT2D eigenvalue weighted by Gasteiger charge is -2.18. The molecule has 8 heteroatoms. The Bertz CT molecular complexity index is 303. The number of halogens is 4. The molecule has 0 aromatic carbocycles. The molecule has 0 fully saturated rings. The van der Waals surface area contributed by atoms with Gasteiger partial charge in [0.05, 0.1) is 5.75 Å². The molecule has 0 aliphatic heterocycles. The van der Waals surface area contributed by atoms with E-state index >= 15 is 0 Å². The quantitative estimate of drug-likeness (QED) is 0.700. The van der Waals surface area contributed by atoms with Crippen molar-refractivity contribution in [2.45, 2.75) is 31.3 Å². The van der Waals surface area contributed by atoms with Gasteiger partial charge in [0.15, 0.2) is 0 Å². The lowest BCUT2D eigenvalue weighted by Crippen LogP contribution is -2.33. The number of alkyl halides is 4. The van der Waals surface area contributed by atoms with Crippen LogP contribution in [0.4, 0.5) is 13.2 Å². The lowest BCUT2D eigenvalue weighted by molar-refractivity contribution is -0.134. The second-order valence-corrected chi connectivity index (χ2v) is 6.54. The minimum atomic E-state index is -4.31. The van der Waals surface area contributed by atoms with Crippen LogP contribution in [0.25, 0.3) is 0 Å². The van der Waals surface area contributed by atoms with E-state index in [0.717, 1.165) is 4.31 Å². The summed E-state index contributed by atoms with van der Waals surface area (Å²) in [6.07, 6.45) is -5.82. The van der Waals surface area contributed by atoms with Gasteiger partial charge >= 0.3 is 6.18 Å². The molecule has 0 aliphatic rings. The molecule has 0 saturated heterocycles. The molecule has 0 radical (unpaired) electrons. The molecule has 0 aromatic rings. The standard InChI is InChI=1S/C8H15ClF3NO2S/c1-7(9)6-13(2)16(14,15)5-3-4-8(10,11)12/h7H,3-6H2,1-2H3. The minimum Gasteiger partial charge on any atom is -0.212 e. The molecule has 98 valence electrons. The highest BCUT2D eigenvalue weighted by molar-refractivity contribution is 7.89. The fourth-order valence-electron chi connectivity index (χ4n) is 1.08. The van der Waals surface area contributed by atoms with Gasteiger partial charge in [0, 0.05) is 25.4 Å². The Morgan fingerprint density at radius 2 is 1.88 bits per heavy atom. The van der Waals surface area contributed by atoms with Crippen LogP contribution in [0, 0.1) is 0 Å². The van der Waals surface area contributed by atoms with Gasteiger partial charge < -0.3 is 0 Å². The maximum Gasteiger partial charge on any atom is 0.389 e. The van der Waals surface area contributed by atoms with Crippen LogP contribution in [0.1, 0.15) is 19.8 Å². The van der Waals surface area contributed by atoms with Crippen molar-refractivity contribution < 1.29 is 21.6 Å². The molecule has 0 aromatic heterocycles. The van der Waals surface area contributed by atoms with E-state index in [-0.39, 0.29) is 11.9 Å². The zero-order chi connectivity index (χ0) is 13.0. The van der Waals surface area contributed by atoms with E-state index in [4.69, 9.17) is 11.6 Å². The van der Waals surface area contributed by atoms with Gasteiger partial charge in [-0.05, 0) is 13.3 Å². The highest BCUT2D eigenvalue weighted by Gasteiger charge is 2.28. The van der Waals surface area contributed by atoms with E-state index in [1.807, 2.05) is 0 Å². The summed E-state index contributed by atoms with van der Waals surface area (Å²) in [5, 5.41) is -0.373. The summed E-state index contributed by atoms with van der Waals surface area (Å²) in [7, 11) is -2.32. The Hall–Kier alpha value is -0.0100. The van der Waals surface area contributed by atoms with Gasteiger partial charge in [-0.2, -0.15) is 13.2 Å². The molecule has 0 rings (SSSR count). The third-order valence-corrected chi connectivity index (χ3v) is 3.89. The van der Waals surface area contributed by atoms with Crippen molar-refractivity contribution >= 4 is 21.6 Å². The molecular formula is C8H15ClF3NO2S. The first-order valence-electron chi connectivity index (χ1n) is 4.69. The largest absolute Gasteiger partial charge is 0.389 e. The molecule has 0 amide bonds. The summed E-state index contributed by atoms with van der Waals surface area (Å²) in [6, 6.07) is 0. The maximum absolute atomic E-state index is 11.8. The molecule has 16 heavy (non-hydrogen) atoms. The SMILES string of the molecule is CC(Cl)CN(C)S(=O)(=O)CCCC(F)(F)F. The van der Waals surface area contributed by atoms with Gasteiger partial charge in [-0.15, -0.1) is 11.6 Å². The van der Waals surface area contributed by atoms with Gasteiger partial charge in [0.1, 0.15) is 0 Å². The van der Waals surface area contributed by atoms with Crippen molar-refractivity contribution in [3.05, 3.63) is 0 Å². The third kappa shape index (κ3) is 7.29.